The molecule has 2 heterocycles. The largest absolute Gasteiger partial charge is 0.492 e. The Morgan fingerprint density at radius 2 is 1.76 bits per heavy atom. The number of pyridine rings is 1. The second-order valence-corrected chi connectivity index (χ2v) is 10.5. The summed E-state index contributed by atoms with van der Waals surface area (Å²) in [6, 6.07) is 15.9. The molecule has 2 aromatic carbocycles. The van der Waals surface area contributed by atoms with Crippen molar-refractivity contribution in [3.05, 3.63) is 89.7 Å². The van der Waals surface area contributed by atoms with E-state index in [1.54, 1.807) is 42.5 Å². The highest BCUT2D eigenvalue weighted by atomic mass is 32.2. The molecule has 1 fully saturated rings. The fraction of sp³-hybridized carbons (Fsp3) is 0.346. The lowest BCUT2D eigenvalue weighted by molar-refractivity contribution is -0.137. The first-order chi connectivity index (χ1) is 17.7. The molecule has 0 amide bonds. The van der Waals surface area contributed by atoms with Gasteiger partial charge in [0.05, 0.1) is 35.9 Å². The van der Waals surface area contributed by atoms with Gasteiger partial charge in [-0.2, -0.15) is 17.5 Å². The maximum atomic E-state index is 13.5. The van der Waals surface area contributed by atoms with Crippen molar-refractivity contribution < 1.29 is 31.1 Å². The maximum absolute atomic E-state index is 13.5. The van der Waals surface area contributed by atoms with Gasteiger partial charge in [0.25, 0.3) is 0 Å². The van der Waals surface area contributed by atoms with Crippen molar-refractivity contribution in [3.8, 4) is 5.75 Å². The van der Waals surface area contributed by atoms with E-state index in [9.17, 15) is 21.6 Å². The van der Waals surface area contributed by atoms with Gasteiger partial charge in [-0.05, 0) is 48.0 Å². The molecule has 0 spiro atoms. The van der Waals surface area contributed by atoms with Crippen molar-refractivity contribution in [3.63, 3.8) is 0 Å². The van der Waals surface area contributed by atoms with Gasteiger partial charge in [0, 0.05) is 32.4 Å². The van der Waals surface area contributed by atoms with Gasteiger partial charge in [0.15, 0.2) is 0 Å². The SMILES string of the molecule is O=S(=O)(c1cccc(C(F)(F)F)c1)N(Cc1cccc(OCCN2CCOCC2)c1)Cc1ccccn1. The van der Waals surface area contributed by atoms with E-state index in [0.29, 0.717) is 42.9 Å². The number of hydrogen-bond donors (Lipinski definition) is 0. The van der Waals surface area contributed by atoms with E-state index in [2.05, 4.69) is 9.88 Å². The monoisotopic (exact) mass is 535 g/mol. The number of halogens is 3. The Hall–Kier alpha value is -2.99. The summed E-state index contributed by atoms with van der Waals surface area (Å²) >= 11 is 0. The van der Waals surface area contributed by atoms with Crippen LogP contribution < -0.4 is 4.74 Å². The number of hydrogen-bond acceptors (Lipinski definition) is 6. The van der Waals surface area contributed by atoms with Crippen LogP contribution in [-0.4, -0.2) is 62.1 Å². The van der Waals surface area contributed by atoms with Crippen molar-refractivity contribution in [2.24, 2.45) is 0 Å². The molecule has 11 heteroatoms. The second-order valence-electron chi connectivity index (χ2n) is 8.57. The van der Waals surface area contributed by atoms with Crippen LogP contribution in [0.5, 0.6) is 5.75 Å². The first-order valence-electron chi connectivity index (χ1n) is 11.8. The standard InChI is InChI=1S/C26H28F3N3O4S/c27-26(28,29)22-6-4-9-25(18-22)37(33,34)32(20-23-7-1-2-10-30-23)19-21-5-3-8-24(17-21)36-16-13-31-11-14-35-15-12-31/h1-10,17-18H,11-16,19-20H2. The molecular formula is C26H28F3N3O4S. The molecule has 0 atom stereocenters. The van der Waals surface area contributed by atoms with Crippen molar-refractivity contribution in [1.82, 2.24) is 14.2 Å². The molecule has 1 aliphatic rings. The van der Waals surface area contributed by atoms with Crippen LogP contribution in [0.15, 0.2) is 77.8 Å². The van der Waals surface area contributed by atoms with Gasteiger partial charge in [0.2, 0.25) is 10.0 Å². The van der Waals surface area contributed by atoms with Gasteiger partial charge in [-0.15, -0.1) is 0 Å². The fourth-order valence-corrected chi connectivity index (χ4v) is 5.38. The quantitative estimate of drug-likeness (QED) is 0.388. The lowest BCUT2D eigenvalue weighted by Gasteiger charge is -2.26. The third kappa shape index (κ3) is 7.51. The molecule has 198 valence electrons. The Balaban J connectivity index is 1.54. The van der Waals surface area contributed by atoms with Crippen molar-refractivity contribution in [2.75, 3.05) is 39.5 Å². The van der Waals surface area contributed by atoms with Crippen LogP contribution in [0.3, 0.4) is 0 Å². The van der Waals surface area contributed by atoms with Gasteiger partial charge in [-0.1, -0.05) is 24.3 Å². The zero-order chi connectivity index (χ0) is 26.3. The van der Waals surface area contributed by atoms with E-state index in [0.717, 1.165) is 36.1 Å². The van der Waals surface area contributed by atoms with Gasteiger partial charge in [-0.25, -0.2) is 8.42 Å². The molecule has 1 saturated heterocycles. The lowest BCUT2D eigenvalue weighted by Crippen LogP contribution is -2.38. The van der Waals surface area contributed by atoms with Crippen LogP contribution in [-0.2, 0) is 34.0 Å². The Kier molecular flexibility index (Phi) is 8.80. The van der Waals surface area contributed by atoms with E-state index in [1.807, 2.05) is 0 Å². The average Bonchev–Trinajstić information content (AvgIpc) is 2.89. The van der Waals surface area contributed by atoms with Gasteiger partial charge < -0.3 is 9.47 Å². The summed E-state index contributed by atoms with van der Waals surface area (Å²) in [5, 5.41) is 0. The minimum Gasteiger partial charge on any atom is -0.492 e. The van der Waals surface area contributed by atoms with Gasteiger partial charge >= 0.3 is 6.18 Å². The predicted octanol–water partition coefficient (Wildman–Crippen LogP) is 4.20. The zero-order valence-electron chi connectivity index (χ0n) is 20.1. The Morgan fingerprint density at radius 3 is 2.49 bits per heavy atom. The molecule has 1 aliphatic heterocycles. The molecule has 7 nitrogen and oxygen atoms in total. The number of morpholine rings is 1. The van der Waals surface area contributed by atoms with Gasteiger partial charge in [0.1, 0.15) is 12.4 Å². The summed E-state index contributed by atoms with van der Waals surface area (Å²) in [7, 11) is -4.29. The summed E-state index contributed by atoms with van der Waals surface area (Å²) in [4.78, 5) is 6.01. The summed E-state index contributed by atoms with van der Waals surface area (Å²) in [5.74, 6) is 0.583. The van der Waals surface area contributed by atoms with E-state index in [4.69, 9.17) is 9.47 Å². The first-order valence-corrected chi connectivity index (χ1v) is 13.2. The van der Waals surface area contributed by atoms with Crippen LogP contribution >= 0.6 is 0 Å². The highest BCUT2D eigenvalue weighted by Gasteiger charge is 2.33. The van der Waals surface area contributed by atoms with Crippen molar-refractivity contribution in [2.45, 2.75) is 24.2 Å². The second kappa shape index (κ2) is 12.0. The molecule has 3 aromatic rings. The summed E-state index contributed by atoms with van der Waals surface area (Å²) < 4.78 is 79.2. The molecule has 0 saturated carbocycles. The minimum absolute atomic E-state index is 0.0736. The molecule has 37 heavy (non-hydrogen) atoms. The zero-order valence-corrected chi connectivity index (χ0v) is 20.9. The molecule has 1 aromatic heterocycles. The number of sulfonamides is 1. The van der Waals surface area contributed by atoms with Crippen LogP contribution in [0.4, 0.5) is 13.2 Å². The van der Waals surface area contributed by atoms with Crippen LogP contribution in [0.25, 0.3) is 0 Å². The number of aromatic nitrogens is 1. The lowest BCUT2D eigenvalue weighted by atomic mass is 10.2. The van der Waals surface area contributed by atoms with E-state index < -0.39 is 26.7 Å². The number of nitrogens with zero attached hydrogens (tertiary/aromatic N) is 3. The van der Waals surface area contributed by atoms with Crippen LogP contribution in [0, 0.1) is 0 Å². The van der Waals surface area contributed by atoms with Crippen molar-refractivity contribution >= 4 is 10.0 Å². The first kappa shape index (κ1) is 27.1. The molecular weight excluding hydrogens is 507 g/mol. The number of benzene rings is 2. The normalized spacial score (nSPS) is 15.1. The van der Waals surface area contributed by atoms with Crippen LogP contribution in [0.1, 0.15) is 16.8 Å². The predicted molar refractivity (Wildman–Crippen MR) is 131 cm³/mol. The molecule has 4 rings (SSSR count). The smallest absolute Gasteiger partial charge is 0.416 e. The fourth-order valence-electron chi connectivity index (χ4n) is 3.93. The van der Waals surface area contributed by atoms with E-state index in [1.165, 1.54) is 12.3 Å². The highest BCUT2D eigenvalue weighted by Crippen LogP contribution is 2.32. The molecule has 0 radical (unpaired) electrons. The maximum Gasteiger partial charge on any atom is 0.416 e. The molecule has 0 aliphatic carbocycles. The Bertz CT molecular complexity index is 1270. The summed E-state index contributed by atoms with van der Waals surface area (Å²) in [6.07, 6.45) is -3.13. The topological polar surface area (TPSA) is 72.0 Å². The minimum atomic E-state index is -4.66. The number of alkyl halides is 3. The Morgan fingerprint density at radius 1 is 0.973 bits per heavy atom. The van der Waals surface area contributed by atoms with Gasteiger partial charge in [-0.3, -0.25) is 9.88 Å². The third-order valence-electron chi connectivity index (χ3n) is 5.90. The third-order valence-corrected chi connectivity index (χ3v) is 7.69. The molecule has 0 N–H and O–H groups in total. The number of ether oxygens (including phenoxy) is 2. The van der Waals surface area contributed by atoms with Crippen molar-refractivity contribution in [1.29, 1.82) is 0 Å². The molecule has 0 bridgehead atoms. The van der Waals surface area contributed by atoms with E-state index >= 15 is 0 Å². The highest BCUT2D eigenvalue weighted by molar-refractivity contribution is 7.89. The van der Waals surface area contributed by atoms with E-state index in [-0.39, 0.29) is 13.1 Å². The summed E-state index contributed by atoms with van der Waals surface area (Å²) in [5.41, 5.74) is 0.0772. The Labute approximate surface area is 214 Å². The summed E-state index contributed by atoms with van der Waals surface area (Å²) in [6.45, 7) is 4.10. The molecule has 0 unspecified atom stereocenters. The van der Waals surface area contributed by atoms with Crippen LogP contribution in [0.2, 0.25) is 0 Å². The average molecular weight is 536 g/mol. The number of rotatable bonds is 10.